The molecule has 1 heterocycles. The van der Waals surface area contributed by atoms with Gasteiger partial charge in [-0.05, 0) is 18.8 Å². The van der Waals surface area contributed by atoms with Crippen LogP contribution in [0, 0.1) is 5.92 Å². The summed E-state index contributed by atoms with van der Waals surface area (Å²) in [6.07, 6.45) is 1.75. The molecule has 3 amide bonds. The van der Waals surface area contributed by atoms with Crippen molar-refractivity contribution >= 4 is 11.9 Å². The number of imide groups is 1. The summed E-state index contributed by atoms with van der Waals surface area (Å²) < 4.78 is 0. The maximum atomic E-state index is 11.6. The Labute approximate surface area is 108 Å². The molecule has 6 nitrogen and oxygen atoms in total. The lowest BCUT2D eigenvalue weighted by molar-refractivity contribution is -0.121. The molecule has 1 saturated heterocycles. The molecule has 0 saturated carbocycles. The lowest BCUT2D eigenvalue weighted by Gasteiger charge is -2.34. The summed E-state index contributed by atoms with van der Waals surface area (Å²) in [7, 11) is 0. The Morgan fingerprint density at radius 1 is 1.44 bits per heavy atom. The van der Waals surface area contributed by atoms with Gasteiger partial charge in [0.05, 0.1) is 6.54 Å². The van der Waals surface area contributed by atoms with Gasteiger partial charge in [-0.1, -0.05) is 13.8 Å². The number of amides is 3. The lowest BCUT2D eigenvalue weighted by atomic mass is 9.95. The number of likely N-dealkylation sites (tertiary alicyclic amines) is 1. The van der Waals surface area contributed by atoms with E-state index in [0.29, 0.717) is 12.5 Å². The van der Waals surface area contributed by atoms with E-state index in [2.05, 4.69) is 17.6 Å². The van der Waals surface area contributed by atoms with Crippen molar-refractivity contribution in [3.05, 3.63) is 0 Å². The van der Waals surface area contributed by atoms with E-state index in [0.717, 1.165) is 25.9 Å². The van der Waals surface area contributed by atoms with Crippen molar-refractivity contribution in [1.82, 2.24) is 15.5 Å². The maximum absolute atomic E-state index is 11.6. The zero-order chi connectivity index (χ0) is 13.5. The quantitative estimate of drug-likeness (QED) is 0.655. The van der Waals surface area contributed by atoms with Gasteiger partial charge in [0.15, 0.2) is 0 Å². The molecule has 4 N–H and O–H groups in total. The van der Waals surface area contributed by atoms with E-state index in [-0.39, 0.29) is 18.5 Å². The van der Waals surface area contributed by atoms with Crippen LogP contribution in [0.25, 0.3) is 0 Å². The predicted molar refractivity (Wildman–Crippen MR) is 70.0 cm³/mol. The van der Waals surface area contributed by atoms with Crippen LogP contribution in [0.4, 0.5) is 4.79 Å². The van der Waals surface area contributed by atoms with Crippen LogP contribution in [0.1, 0.15) is 26.7 Å². The molecule has 18 heavy (non-hydrogen) atoms. The number of carbonyl (C=O) groups is 2. The van der Waals surface area contributed by atoms with Gasteiger partial charge < -0.3 is 11.1 Å². The summed E-state index contributed by atoms with van der Waals surface area (Å²) in [5.41, 5.74) is 5.92. The van der Waals surface area contributed by atoms with Crippen molar-refractivity contribution in [2.24, 2.45) is 11.7 Å². The van der Waals surface area contributed by atoms with Crippen molar-refractivity contribution in [1.29, 1.82) is 0 Å². The van der Waals surface area contributed by atoms with E-state index in [9.17, 15) is 9.59 Å². The monoisotopic (exact) mass is 256 g/mol. The van der Waals surface area contributed by atoms with Crippen LogP contribution in [-0.2, 0) is 4.79 Å². The minimum absolute atomic E-state index is 0.220. The first-order chi connectivity index (χ1) is 8.52. The van der Waals surface area contributed by atoms with E-state index in [1.54, 1.807) is 0 Å². The first-order valence-electron chi connectivity index (χ1n) is 6.58. The number of nitrogens with zero attached hydrogens (tertiary/aromatic N) is 1. The van der Waals surface area contributed by atoms with Gasteiger partial charge in [-0.15, -0.1) is 0 Å². The van der Waals surface area contributed by atoms with Gasteiger partial charge in [-0.25, -0.2) is 4.79 Å². The number of hydrogen-bond acceptors (Lipinski definition) is 4. The number of nitrogens with two attached hydrogens (primary N) is 1. The van der Waals surface area contributed by atoms with Crippen LogP contribution in [0.15, 0.2) is 0 Å². The molecule has 0 aromatic heterocycles. The SMILES string of the molecule is CCCNC(=O)NC(=O)CN1CCC(N)C(C)C1. The largest absolute Gasteiger partial charge is 0.338 e. The minimum Gasteiger partial charge on any atom is -0.338 e. The van der Waals surface area contributed by atoms with E-state index in [1.165, 1.54) is 0 Å². The van der Waals surface area contributed by atoms with Gasteiger partial charge in [0, 0.05) is 25.7 Å². The molecule has 1 aliphatic heterocycles. The molecule has 2 atom stereocenters. The van der Waals surface area contributed by atoms with Crippen molar-refractivity contribution in [3.8, 4) is 0 Å². The van der Waals surface area contributed by atoms with Gasteiger partial charge in [0.1, 0.15) is 0 Å². The predicted octanol–water partition coefficient (Wildman–Crippen LogP) is -0.109. The van der Waals surface area contributed by atoms with Crippen LogP contribution in [-0.4, -0.2) is 49.1 Å². The summed E-state index contributed by atoms with van der Waals surface area (Å²) in [5.74, 6) is 0.131. The third-order valence-corrected chi connectivity index (χ3v) is 3.21. The van der Waals surface area contributed by atoms with Crippen molar-refractivity contribution in [2.75, 3.05) is 26.2 Å². The average Bonchev–Trinajstić information content (AvgIpc) is 2.31. The van der Waals surface area contributed by atoms with Crippen molar-refractivity contribution in [3.63, 3.8) is 0 Å². The Kier molecular flexibility index (Phi) is 6.07. The smallest absolute Gasteiger partial charge is 0.321 e. The second-order valence-electron chi connectivity index (χ2n) is 4.97. The molecule has 0 aliphatic carbocycles. The Hall–Kier alpha value is -1.14. The minimum atomic E-state index is -0.413. The molecule has 2 unspecified atom stereocenters. The molecular weight excluding hydrogens is 232 g/mol. The molecule has 6 heteroatoms. The molecule has 1 fully saturated rings. The molecule has 1 aliphatic rings. The summed E-state index contributed by atoms with van der Waals surface area (Å²) in [5, 5.41) is 4.93. The fourth-order valence-corrected chi connectivity index (χ4v) is 2.05. The highest BCUT2D eigenvalue weighted by Gasteiger charge is 2.24. The van der Waals surface area contributed by atoms with Gasteiger partial charge in [0.2, 0.25) is 5.91 Å². The molecule has 1 rings (SSSR count). The fourth-order valence-electron chi connectivity index (χ4n) is 2.05. The zero-order valence-electron chi connectivity index (χ0n) is 11.2. The van der Waals surface area contributed by atoms with E-state index >= 15 is 0 Å². The Bertz CT molecular complexity index is 296. The zero-order valence-corrected chi connectivity index (χ0v) is 11.2. The van der Waals surface area contributed by atoms with E-state index < -0.39 is 6.03 Å². The summed E-state index contributed by atoms with van der Waals surface area (Å²) in [6, 6.07) is -0.194. The number of piperidine rings is 1. The van der Waals surface area contributed by atoms with Gasteiger partial charge in [0.25, 0.3) is 0 Å². The number of nitrogens with one attached hydrogen (secondary N) is 2. The van der Waals surface area contributed by atoms with Crippen LogP contribution in [0.5, 0.6) is 0 Å². The first-order valence-corrected chi connectivity index (χ1v) is 6.58. The molecule has 0 spiro atoms. The molecule has 0 radical (unpaired) electrons. The Morgan fingerprint density at radius 3 is 2.78 bits per heavy atom. The van der Waals surface area contributed by atoms with E-state index in [1.807, 2.05) is 11.8 Å². The second-order valence-corrected chi connectivity index (χ2v) is 4.97. The van der Waals surface area contributed by atoms with Crippen LogP contribution < -0.4 is 16.4 Å². The van der Waals surface area contributed by atoms with Crippen molar-refractivity contribution in [2.45, 2.75) is 32.7 Å². The molecule has 0 aromatic carbocycles. The number of rotatable bonds is 4. The Morgan fingerprint density at radius 2 is 2.17 bits per heavy atom. The number of urea groups is 1. The number of hydrogen-bond donors (Lipinski definition) is 3. The highest BCUT2D eigenvalue weighted by molar-refractivity contribution is 5.95. The van der Waals surface area contributed by atoms with E-state index in [4.69, 9.17) is 5.73 Å². The highest BCUT2D eigenvalue weighted by Crippen LogP contribution is 2.14. The molecular formula is C12H24N4O2. The topological polar surface area (TPSA) is 87.5 Å². The molecule has 0 aromatic rings. The maximum Gasteiger partial charge on any atom is 0.321 e. The van der Waals surface area contributed by atoms with Gasteiger partial charge >= 0.3 is 6.03 Å². The summed E-state index contributed by atoms with van der Waals surface area (Å²) in [6.45, 7) is 6.51. The second kappa shape index (κ2) is 7.33. The summed E-state index contributed by atoms with van der Waals surface area (Å²) >= 11 is 0. The molecule has 0 bridgehead atoms. The normalized spacial score (nSPS) is 24.6. The lowest BCUT2D eigenvalue weighted by Crippen LogP contribution is -2.50. The third-order valence-electron chi connectivity index (χ3n) is 3.21. The van der Waals surface area contributed by atoms with Crippen LogP contribution in [0.3, 0.4) is 0 Å². The highest BCUT2D eigenvalue weighted by atomic mass is 16.2. The first kappa shape index (κ1) is 14.9. The van der Waals surface area contributed by atoms with Gasteiger partial charge in [-0.3, -0.25) is 15.0 Å². The van der Waals surface area contributed by atoms with Crippen LogP contribution in [0.2, 0.25) is 0 Å². The van der Waals surface area contributed by atoms with Gasteiger partial charge in [-0.2, -0.15) is 0 Å². The number of carbonyl (C=O) groups excluding carboxylic acids is 2. The third kappa shape index (κ3) is 5.01. The standard InChI is InChI=1S/C12H24N4O2/c1-3-5-14-12(18)15-11(17)8-16-6-4-10(13)9(2)7-16/h9-10H,3-8,13H2,1-2H3,(H2,14,15,17,18). The van der Waals surface area contributed by atoms with Crippen molar-refractivity contribution < 1.29 is 9.59 Å². The average molecular weight is 256 g/mol. The summed E-state index contributed by atoms with van der Waals surface area (Å²) in [4.78, 5) is 25.0. The Balaban J connectivity index is 2.26. The van der Waals surface area contributed by atoms with Crippen LogP contribution >= 0.6 is 0 Å². The fraction of sp³-hybridized carbons (Fsp3) is 0.833. The molecule has 104 valence electrons.